The largest absolute Gasteiger partial charge is 0.325 e. The molecule has 0 unspecified atom stereocenters. The first kappa shape index (κ1) is 18.5. The van der Waals surface area contributed by atoms with Crippen molar-refractivity contribution in [3.05, 3.63) is 71.1 Å². The minimum Gasteiger partial charge on any atom is -0.325 e. The second kappa shape index (κ2) is 8.02. The molecule has 1 fully saturated rings. The number of rotatable bonds is 5. The van der Waals surface area contributed by atoms with E-state index >= 15 is 0 Å². The molecule has 0 aromatic carbocycles. The average Bonchev–Trinajstić information content (AvgIpc) is 3.13. The van der Waals surface area contributed by atoms with E-state index in [4.69, 9.17) is 4.98 Å². The van der Waals surface area contributed by atoms with Crippen LogP contribution in [-0.2, 0) is 6.54 Å². The third-order valence-corrected chi connectivity index (χ3v) is 5.33. The molecule has 3 aromatic heterocycles. The molecule has 1 aliphatic heterocycles. The summed E-state index contributed by atoms with van der Waals surface area (Å²) in [6, 6.07) is 8.48. The third kappa shape index (κ3) is 4.02. The molecule has 0 bridgehead atoms. The van der Waals surface area contributed by atoms with E-state index in [2.05, 4.69) is 44.2 Å². The Bertz CT molecular complexity index is 971. The molecule has 0 radical (unpaired) electrons. The van der Waals surface area contributed by atoms with E-state index in [-0.39, 0.29) is 0 Å². The van der Waals surface area contributed by atoms with Crippen molar-refractivity contribution in [2.75, 3.05) is 11.9 Å². The van der Waals surface area contributed by atoms with Gasteiger partial charge in [0.25, 0.3) is 0 Å². The monoisotopic (exact) mass is 374 g/mol. The van der Waals surface area contributed by atoms with Gasteiger partial charge in [0.2, 0.25) is 0 Å². The van der Waals surface area contributed by atoms with E-state index < -0.39 is 0 Å². The van der Waals surface area contributed by atoms with E-state index in [0.29, 0.717) is 6.04 Å². The van der Waals surface area contributed by atoms with Crippen molar-refractivity contribution in [2.45, 2.75) is 46.2 Å². The lowest BCUT2D eigenvalue weighted by Crippen LogP contribution is -2.24. The van der Waals surface area contributed by atoms with Gasteiger partial charge in [0.15, 0.2) is 0 Å². The summed E-state index contributed by atoms with van der Waals surface area (Å²) in [5, 5.41) is 3.36. The highest BCUT2D eigenvalue weighted by Crippen LogP contribution is 2.33. The summed E-state index contributed by atoms with van der Waals surface area (Å²) in [4.78, 5) is 20.5. The summed E-state index contributed by atoms with van der Waals surface area (Å²) in [5.74, 6) is 2.42. The summed E-state index contributed by atoms with van der Waals surface area (Å²) < 4.78 is 0. The first-order valence-corrected chi connectivity index (χ1v) is 9.78. The Kier molecular flexibility index (Phi) is 5.30. The minimum atomic E-state index is 0.305. The molecule has 1 aliphatic rings. The zero-order chi connectivity index (χ0) is 19.5. The highest BCUT2D eigenvalue weighted by Gasteiger charge is 2.28. The molecule has 0 aliphatic carbocycles. The van der Waals surface area contributed by atoms with Crippen LogP contribution in [0.4, 0.5) is 11.6 Å². The van der Waals surface area contributed by atoms with Gasteiger partial charge in [0, 0.05) is 31.2 Å². The van der Waals surface area contributed by atoms with Crippen molar-refractivity contribution in [1.82, 2.24) is 24.8 Å². The lowest BCUT2D eigenvalue weighted by atomic mass is 10.1. The molecule has 0 amide bonds. The Labute approximate surface area is 166 Å². The molecule has 28 heavy (non-hydrogen) atoms. The number of hydrogen-bond acceptors (Lipinski definition) is 6. The molecule has 0 saturated carbocycles. The second-order valence-corrected chi connectivity index (χ2v) is 7.45. The molecule has 4 heterocycles. The maximum atomic E-state index is 4.77. The molecule has 1 N–H and O–H groups in total. The van der Waals surface area contributed by atoms with Crippen LogP contribution in [-0.4, -0.2) is 31.4 Å². The minimum absolute atomic E-state index is 0.305. The molecule has 0 spiro atoms. The molecular formula is C22H26N6. The number of pyridine rings is 2. The van der Waals surface area contributed by atoms with Gasteiger partial charge in [-0.2, -0.15) is 0 Å². The van der Waals surface area contributed by atoms with Gasteiger partial charge in [-0.05, 0) is 69.0 Å². The van der Waals surface area contributed by atoms with Gasteiger partial charge in [-0.25, -0.2) is 15.0 Å². The Hall–Kier alpha value is -2.86. The van der Waals surface area contributed by atoms with Gasteiger partial charge in [-0.3, -0.25) is 9.88 Å². The fourth-order valence-corrected chi connectivity index (χ4v) is 3.81. The summed E-state index contributed by atoms with van der Waals surface area (Å²) in [6.07, 6.45) is 7.90. The quantitative estimate of drug-likeness (QED) is 0.719. The molecule has 6 nitrogen and oxygen atoms in total. The summed E-state index contributed by atoms with van der Waals surface area (Å²) in [6.45, 7) is 8.12. The van der Waals surface area contributed by atoms with Crippen LogP contribution < -0.4 is 5.32 Å². The molecule has 3 aromatic rings. The Morgan fingerprint density at radius 3 is 2.82 bits per heavy atom. The van der Waals surface area contributed by atoms with E-state index in [9.17, 15) is 0 Å². The van der Waals surface area contributed by atoms with Crippen molar-refractivity contribution >= 4 is 11.6 Å². The number of likely N-dealkylation sites (tertiary alicyclic amines) is 1. The van der Waals surface area contributed by atoms with Crippen molar-refractivity contribution in [2.24, 2.45) is 0 Å². The number of hydrogen-bond donors (Lipinski definition) is 1. The zero-order valence-electron chi connectivity index (χ0n) is 16.7. The maximum absolute atomic E-state index is 4.77. The summed E-state index contributed by atoms with van der Waals surface area (Å²) in [5.41, 5.74) is 4.74. The first-order chi connectivity index (χ1) is 13.6. The van der Waals surface area contributed by atoms with Gasteiger partial charge < -0.3 is 5.32 Å². The summed E-state index contributed by atoms with van der Waals surface area (Å²) in [7, 11) is 0. The Balaban J connectivity index is 1.58. The molecule has 4 rings (SSSR count). The van der Waals surface area contributed by atoms with Crippen molar-refractivity contribution in [3.8, 4) is 0 Å². The van der Waals surface area contributed by atoms with Crippen LogP contribution in [0, 0.1) is 20.8 Å². The number of anilines is 2. The van der Waals surface area contributed by atoms with Gasteiger partial charge in [0.1, 0.15) is 17.5 Å². The molecule has 1 atom stereocenters. The van der Waals surface area contributed by atoms with Crippen molar-refractivity contribution in [3.63, 3.8) is 0 Å². The SMILES string of the molecule is Cc1nc(Nc2ncccc2C)cc([C@H]2CCCN2Cc2ccncc2C)n1. The molecule has 144 valence electrons. The maximum Gasteiger partial charge on any atom is 0.135 e. The van der Waals surface area contributed by atoms with E-state index in [1.54, 1.807) is 6.20 Å². The molecule has 6 heteroatoms. The van der Waals surface area contributed by atoms with Gasteiger partial charge in [-0.15, -0.1) is 0 Å². The number of nitrogens with zero attached hydrogens (tertiary/aromatic N) is 5. The summed E-state index contributed by atoms with van der Waals surface area (Å²) >= 11 is 0. The number of nitrogens with one attached hydrogen (secondary N) is 1. The number of aryl methyl sites for hydroxylation is 3. The molecule has 1 saturated heterocycles. The standard InChI is InChI=1S/C22H26N6/c1-15-6-4-9-24-22(15)27-21-12-19(25-17(3)26-21)20-7-5-11-28(20)14-18-8-10-23-13-16(18)2/h4,6,8-10,12-13,20H,5,7,11,14H2,1-3H3,(H,24,25,26,27)/t20-/m1/s1. The molecular weight excluding hydrogens is 348 g/mol. The first-order valence-electron chi connectivity index (χ1n) is 9.78. The predicted molar refractivity (Wildman–Crippen MR) is 110 cm³/mol. The van der Waals surface area contributed by atoms with Crippen molar-refractivity contribution < 1.29 is 0 Å². The highest BCUT2D eigenvalue weighted by atomic mass is 15.2. The van der Waals surface area contributed by atoms with E-state index in [1.165, 1.54) is 17.5 Å². The van der Waals surface area contributed by atoms with Crippen LogP contribution in [0.3, 0.4) is 0 Å². The van der Waals surface area contributed by atoms with Crippen LogP contribution in [0.2, 0.25) is 0 Å². The van der Waals surface area contributed by atoms with Crippen LogP contribution >= 0.6 is 0 Å². The van der Waals surface area contributed by atoms with Crippen LogP contribution in [0.15, 0.2) is 42.9 Å². The van der Waals surface area contributed by atoms with Crippen LogP contribution in [0.5, 0.6) is 0 Å². The lowest BCUT2D eigenvalue weighted by Gasteiger charge is -2.25. The second-order valence-electron chi connectivity index (χ2n) is 7.45. The Morgan fingerprint density at radius 2 is 2.00 bits per heavy atom. The van der Waals surface area contributed by atoms with Crippen molar-refractivity contribution in [1.29, 1.82) is 0 Å². The van der Waals surface area contributed by atoms with Crippen LogP contribution in [0.25, 0.3) is 0 Å². The smallest absolute Gasteiger partial charge is 0.135 e. The predicted octanol–water partition coefficient (Wildman–Crippen LogP) is 4.27. The van der Waals surface area contributed by atoms with Gasteiger partial charge in [0.05, 0.1) is 11.7 Å². The van der Waals surface area contributed by atoms with E-state index in [0.717, 1.165) is 48.2 Å². The zero-order valence-corrected chi connectivity index (χ0v) is 16.7. The Morgan fingerprint density at radius 1 is 1.11 bits per heavy atom. The topological polar surface area (TPSA) is 66.8 Å². The fourth-order valence-electron chi connectivity index (χ4n) is 3.81. The number of aromatic nitrogens is 4. The lowest BCUT2D eigenvalue weighted by molar-refractivity contribution is 0.243. The fraction of sp³-hybridized carbons (Fsp3) is 0.364. The van der Waals surface area contributed by atoms with Gasteiger partial charge >= 0.3 is 0 Å². The third-order valence-electron chi connectivity index (χ3n) is 5.33. The van der Waals surface area contributed by atoms with Gasteiger partial charge in [-0.1, -0.05) is 6.07 Å². The van der Waals surface area contributed by atoms with E-state index in [1.807, 2.05) is 38.4 Å². The van der Waals surface area contributed by atoms with Crippen LogP contribution in [0.1, 0.15) is 47.1 Å². The normalized spacial score (nSPS) is 17.0. The highest BCUT2D eigenvalue weighted by molar-refractivity contribution is 5.55. The average molecular weight is 374 g/mol.